The minimum atomic E-state index is -0.305. The minimum absolute atomic E-state index is 0.0790. The Kier molecular flexibility index (Phi) is 5.22. The van der Waals surface area contributed by atoms with Gasteiger partial charge in [0.2, 0.25) is 5.91 Å². The summed E-state index contributed by atoms with van der Waals surface area (Å²) in [6, 6.07) is 5.72. The van der Waals surface area contributed by atoms with Gasteiger partial charge < -0.3 is 15.0 Å². The fourth-order valence-electron chi connectivity index (χ4n) is 2.68. The number of amides is 1. The number of hydrogen-bond acceptors (Lipinski definition) is 5. The number of aromatic nitrogens is 4. The number of fused-ring (bicyclic) bond motifs is 1. The fourth-order valence-corrected chi connectivity index (χ4v) is 3.50. The first-order chi connectivity index (χ1) is 12.4. The normalized spacial score (nSPS) is 12.3. The van der Waals surface area contributed by atoms with Gasteiger partial charge in [0.25, 0.3) is 0 Å². The number of nitrogens with one attached hydrogen (secondary N) is 2. The van der Waals surface area contributed by atoms with Crippen molar-refractivity contribution in [3.63, 3.8) is 0 Å². The van der Waals surface area contributed by atoms with E-state index in [2.05, 4.69) is 20.4 Å². The predicted octanol–water partition coefficient (Wildman–Crippen LogP) is 3.43. The van der Waals surface area contributed by atoms with Crippen LogP contribution in [0.1, 0.15) is 25.2 Å². The highest BCUT2D eigenvalue weighted by molar-refractivity contribution is 8.00. The van der Waals surface area contributed by atoms with Crippen LogP contribution in [0.3, 0.4) is 0 Å². The number of aromatic amines is 1. The van der Waals surface area contributed by atoms with Crippen molar-refractivity contribution in [2.24, 2.45) is 7.05 Å². The first kappa shape index (κ1) is 18.3. The van der Waals surface area contributed by atoms with Gasteiger partial charge in [0.15, 0.2) is 5.16 Å². The second-order valence-electron chi connectivity index (χ2n) is 6.07. The minimum Gasteiger partial charge on any atom is -0.494 e. The molecule has 0 fully saturated rings. The smallest absolute Gasteiger partial charge is 0.237 e. The molecule has 0 bridgehead atoms. The summed E-state index contributed by atoms with van der Waals surface area (Å²) in [5.74, 6) is 0.721. The lowest BCUT2D eigenvalue weighted by atomic mass is 10.3. The van der Waals surface area contributed by atoms with Crippen molar-refractivity contribution in [1.82, 2.24) is 19.7 Å². The highest BCUT2D eigenvalue weighted by Gasteiger charge is 2.20. The average Bonchev–Trinajstić information content (AvgIpc) is 3.09. The van der Waals surface area contributed by atoms with E-state index in [4.69, 9.17) is 4.74 Å². The van der Waals surface area contributed by atoms with E-state index < -0.39 is 0 Å². The van der Waals surface area contributed by atoms with Crippen LogP contribution in [0.5, 0.6) is 5.75 Å². The van der Waals surface area contributed by atoms with Crippen LogP contribution in [0, 0.1) is 13.8 Å². The SMILES string of the molecule is CCOc1ccc2nc(SC(C)C(=O)Nc3c(C)nn(C)c3C)[nH]c2c1. The molecule has 8 heteroatoms. The fraction of sp³-hybridized carbons (Fsp3) is 0.389. The van der Waals surface area contributed by atoms with Gasteiger partial charge in [-0.05, 0) is 39.8 Å². The second kappa shape index (κ2) is 7.41. The Bertz CT molecular complexity index is 947. The molecule has 0 saturated carbocycles. The number of imidazole rings is 1. The van der Waals surface area contributed by atoms with Crippen molar-refractivity contribution in [3.8, 4) is 5.75 Å². The molecule has 2 heterocycles. The van der Waals surface area contributed by atoms with Gasteiger partial charge in [-0.1, -0.05) is 11.8 Å². The summed E-state index contributed by atoms with van der Waals surface area (Å²) < 4.78 is 7.27. The third-order valence-corrected chi connectivity index (χ3v) is 5.14. The van der Waals surface area contributed by atoms with Gasteiger partial charge in [0, 0.05) is 13.1 Å². The molecule has 0 aliphatic rings. The molecule has 26 heavy (non-hydrogen) atoms. The maximum Gasteiger partial charge on any atom is 0.237 e. The van der Waals surface area contributed by atoms with Crippen LogP contribution >= 0.6 is 11.8 Å². The van der Waals surface area contributed by atoms with Gasteiger partial charge in [0.05, 0.1) is 40.0 Å². The molecule has 1 aromatic carbocycles. The lowest BCUT2D eigenvalue weighted by Gasteiger charge is -2.10. The van der Waals surface area contributed by atoms with Crippen molar-refractivity contribution >= 4 is 34.4 Å². The molecule has 2 N–H and O–H groups in total. The van der Waals surface area contributed by atoms with Crippen LogP contribution in [0.25, 0.3) is 11.0 Å². The molecule has 7 nitrogen and oxygen atoms in total. The molecule has 2 aromatic heterocycles. The van der Waals surface area contributed by atoms with E-state index in [0.717, 1.165) is 33.9 Å². The molecule has 0 aliphatic heterocycles. The molecule has 1 amide bonds. The number of rotatable bonds is 6. The number of carbonyl (C=O) groups is 1. The third-order valence-electron chi connectivity index (χ3n) is 4.16. The molecular weight excluding hydrogens is 350 g/mol. The zero-order valence-electron chi connectivity index (χ0n) is 15.6. The Labute approximate surface area is 156 Å². The molecule has 3 aromatic rings. The van der Waals surface area contributed by atoms with Gasteiger partial charge in [0.1, 0.15) is 5.75 Å². The van der Waals surface area contributed by atoms with E-state index in [-0.39, 0.29) is 11.2 Å². The van der Waals surface area contributed by atoms with Crippen molar-refractivity contribution < 1.29 is 9.53 Å². The molecule has 0 aliphatic carbocycles. The summed E-state index contributed by atoms with van der Waals surface area (Å²) in [5, 5.41) is 7.70. The summed E-state index contributed by atoms with van der Waals surface area (Å²) in [5.41, 5.74) is 4.26. The van der Waals surface area contributed by atoms with Crippen LogP contribution < -0.4 is 10.1 Å². The van der Waals surface area contributed by atoms with Crippen LogP contribution in [-0.4, -0.2) is 37.5 Å². The molecule has 1 atom stereocenters. The van der Waals surface area contributed by atoms with Crippen LogP contribution in [0.2, 0.25) is 0 Å². The number of H-pyrrole nitrogens is 1. The third kappa shape index (κ3) is 3.70. The van der Waals surface area contributed by atoms with E-state index >= 15 is 0 Å². The number of carbonyl (C=O) groups excluding carboxylic acids is 1. The first-order valence-electron chi connectivity index (χ1n) is 8.49. The predicted molar refractivity (Wildman–Crippen MR) is 104 cm³/mol. The number of thioether (sulfide) groups is 1. The molecule has 0 saturated heterocycles. The van der Waals surface area contributed by atoms with E-state index in [1.165, 1.54) is 11.8 Å². The van der Waals surface area contributed by atoms with Gasteiger partial charge >= 0.3 is 0 Å². The highest BCUT2D eigenvalue weighted by atomic mass is 32.2. The van der Waals surface area contributed by atoms with Crippen molar-refractivity contribution in [2.75, 3.05) is 11.9 Å². The van der Waals surface area contributed by atoms with E-state index in [1.54, 1.807) is 4.68 Å². The largest absolute Gasteiger partial charge is 0.494 e. The van der Waals surface area contributed by atoms with Gasteiger partial charge in [-0.15, -0.1) is 0 Å². The Hall–Kier alpha value is -2.48. The van der Waals surface area contributed by atoms with Crippen LogP contribution in [0.15, 0.2) is 23.4 Å². The Morgan fingerprint density at radius 3 is 2.85 bits per heavy atom. The molecule has 3 rings (SSSR count). The van der Waals surface area contributed by atoms with Gasteiger partial charge in [-0.3, -0.25) is 9.48 Å². The van der Waals surface area contributed by atoms with E-state index in [0.29, 0.717) is 11.8 Å². The maximum atomic E-state index is 12.6. The van der Waals surface area contributed by atoms with Crippen LogP contribution in [0.4, 0.5) is 5.69 Å². The molecule has 138 valence electrons. The molecule has 0 radical (unpaired) electrons. The van der Waals surface area contributed by atoms with E-state index in [9.17, 15) is 4.79 Å². The number of benzene rings is 1. The van der Waals surface area contributed by atoms with Crippen LogP contribution in [-0.2, 0) is 11.8 Å². The maximum absolute atomic E-state index is 12.6. The van der Waals surface area contributed by atoms with Crippen molar-refractivity contribution in [1.29, 1.82) is 0 Å². The monoisotopic (exact) mass is 373 g/mol. The van der Waals surface area contributed by atoms with Crippen molar-refractivity contribution in [3.05, 3.63) is 29.6 Å². The molecular formula is C18H23N5O2S. The topological polar surface area (TPSA) is 84.8 Å². The highest BCUT2D eigenvalue weighted by Crippen LogP contribution is 2.27. The number of anilines is 1. The molecule has 0 spiro atoms. The summed E-state index contributed by atoms with van der Waals surface area (Å²) in [7, 11) is 1.86. The summed E-state index contributed by atoms with van der Waals surface area (Å²) in [6.45, 7) is 8.24. The average molecular weight is 373 g/mol. The molecule has 1 unspecified atom stereocenters. The second-order valence-corrected chi connectivity index (χ2v) is 7.40. The number of nitrogens with zero attached hydrogens (tertiary/aromatic N) is 3. The summed E-state index contributed by atoms with van der Waals surface area (Å²) >= 11 is 1.39. The summed E-state index contributed by atoms with van der Waals surface area (Å²) in [6.07, 6.45) is 0. The Balaban J connectivity index is 1.71. The lowest BCUT2D eigenvalue weighted by Crippen LogP contribution is -2.23. The standard InChI is InChI=1S/C18H23N5O2S/c1-6-25-13-7-8-14-15(9-13)20-18(19-14)26-12(4)17(24)21-16-10(2)22-23(5)11(16)3/h7-9,12H,6H2,1-5H3,(H,19,20)(H,21,24). The Morgan fingerprint density at radius 2 is 2.19 bits per heavy atom. The number of aryl methyl sites for hydroxylation is 2. The summed E-state index contributed by atoms with van der Waals surface area (Å²) in [4.78, 5) is 20.3. The van der Waals surface area contributed by atoms with Crippen molar-refractivity contribution in [2.45, 2.75) is 38.1 Å². The van der Waals surface area contributed by atoms with Gasteiger partial charge in [-0.2, -0.15) is 5.10 Å². The zero-order chi connectivity index (χ0) is 18.8. The zero-order valence-corrected chi connectivity index (χ0v) is 16.4. The van der Waals surface area contributed by atoms with E-state index in [1.807, 2.05) is 52.9 Å². The Morgan fingerprint density at radius 1 is 1.42 bits per heavy atom. The number of hydrogen-bond donors (Lipinski definition) is 2. The lowest BCUT2D eigenvalue weighted by molar-refractivity contribution is -0.115. The quantitative estimate of drug-likeness (QED) is 0.647. The first-order valence-corrected chi connectivity index (χ1v) is 9.37. The number of ether oxygens (including phenoxy) is 1. The van der Waals surface area contributed by atoms with Gasteiger partial charge in [-0.25, -0.2) is 4.98 Å².